The number of carbonyl (C=O) groups excluding carboxylic acids is 2. The Labute approximate surface area is 170 Å². The molecule has 2 atom stereocenters. The maximum atomic E-state index is 12.4. The van der Waals surface area contributed by atoms with E-state index in [0.717, 1.165) is 36.2 Å². The molecular formula is C24H25NO4. The molecule has 0 saturated carbocycles. The molecule has 0 N–H and O–H groups in total. The number of hydrogen-bond donors (Lipinski definition) is 0. The molecule has 5 nitrogen and oxygen atoms in total. The first kappa shape index (κ1) is 19.4. The summed E-state index contributed by atoms with van der Waals surface area (Å²) in [7, 11) is 0. The van der Waals surface area contributed by atoms with Crippen LogP contribution in [-0.2, 0) is 31.9 Å². The minimum absolute atomic E-state index is 0.0132. The molecule has 1 saturated heterocycles. The van der Waals surface area contributed by atoms with E-state index in [0.29, 0.717) is 0 Å². The highest BCUT2D eigenvalue weighted by Crippen LogP contribution is 2.31. The summed E-state index contributed by atoms with van der Waals surface area (Å²) in [5, 5.41) is 0. The van der Waals surface area contributed by atoms with Crippen molar-refractivity contribution >= 4 is 11.9 Å². The van der Waals surface area contributed by atoms with E-state index in [9.17, 15) is 9.59 Å². The minimum Gasteiger partial charge on any atom is -0.461 e. The highest BCUT2D eigenvalue weighted by molar-refractivity contribution is 5.73. The molecule has 2 heterocycles. The van der Waals surface area contributed by atoms with E-state index in [1.807, 2.05) is 60.7 Å². The van der Waals surface area contributed by atoms with Crippen LogP contribution in [0.2, 0.25) is 0 Å². The Bertz CT molecular complexity index is 878. The van der Waals surface area contributed by atoms with E-state index in [4.69, 9.17) is 9.47 Å². The fraction of sp³-hybridized carbons (Fsp3) is 0.333. The van der Waals surface area contributed by atoms with Gasteiger partial charge in [0.2, 0.25) is 0 Å². The molecule has 2 unspecified atom stereocenters. The van der Waals surface area contributed by atoms with Crippen LogP contribution in [0.5, 0.6) is 0 Å². The summed E-state index contributed by atoms with van der Waals surface area (Å²) in [4.78, 5) is 26.8. The summed E-state index contributed by atoms with van der Waals surface area (Å²) >= 11 is 0. The first-order valence-electron chi connectivity index (χ1n) is 10.0. The summed E-state index contributed by atoms with van der Waals surface area (Å²) < 4.78 is 11.3. The monoisotopic (exact) mass is 391 g/mol. The lowest BCUT2D eigenvalue weighted by molar-refractivity contribution is -0.149. The molecule has 5 heteroatoms. The molecular weight excluding hydrogens is 366 g/mol. The van der Waals surface area contributed by atoms with Gasteiger partial charge in [0.25, 0.3) is 0 Å². The predicted octanol–water partition coefficient (Wildman–Crippen LogP) is 2.94. The van der Waals surface area contributed by atoms with Gasteiger partial charge in [-0.3, -0.25) is 14.5 Å². The van der Waals surface area contributed by atoms with Gasteiger partial charge in [-0.2, -0.15) is 0 Å². The zero-order valence-corrected chi connectivity index (χ0v) is 16.3. The quantitative estimate of drug-likeness (QED) is 0.537. The van der Waals surface area contributed by atoms with Crippen molar-refractivity contribution in [3.05, 3.63) is 83.4 Å². The lowest BCUT2D eigenvalue weighted by atomic mass is 10.0. The average Bonchev–Trinajstić information content (AvgIpc) is 3.31. The van der Waals surface area contributed by atoms with Crippen LogP contribution >= 0.6 is 0 Å². The van der Waals surface area contributed by atoms with E-state index < -0.39 is 0 Å². The lowest BCUT2D eigenvalue weighted by Crippen LogP contribution is -2.36. The number of rotatable bonds is 7. The van der Waals surface area contributed by atoms with E-state index in [1.54, 1.807) is 0 Å². The largest absolute Gasteiger partial charge is 0.461 e. The maximum Gasteiger partial charge on any atom is 0.310 e. The number of fused-ring (bicyclic) bond motifs is 1. The third-order valence-electron chi connectivity index (χ3n) is 5.48. The van der Waals surface area contributed by atoms with Crippen molar-refractivity contribution < 1.29 is 19.1 Å². The summed E-state index contributed by atoms with van der Waals surface area (Å²) in [5.74, 6) is -0.457. The van der Waals surface area contributed by atoms with Gasteiger partial charge in [-0.1, -0.05) is 66.7 Å². The van der Waals surface area contributed by atoms with Crippen LogP contribution < -0.4 is 0 Å². The number of ether oxygens (including phenoxy) is 2. The van der Waals surface area contributed by atoms with E-state index in [2.05, 4.69) is 11.0 Å². The second kappa shape index (κ2) is 9.05. The lowest BCUT2D eigenvalue weighted by Gasteiger charge is -2.24. The van der Waals surface area contributed by atoms with Crippen LogP contribution in [0.4, 0.5) is 0 Å². The molecule has 0 radical (unpaired) electrons. The van der Waals surface area contributed by atoms with Gasteiger partial charge in [-0.15, -0.1) is 0 Å². The fourth-order valence-electron chi connectivity index (χ4n) is 4.08. The van der Waals surface area contributed by atoms with Gasteiger partial charge in [0.15, 0.2) is 0 Å². The van der Waals surface area contributed by atoms with Gasteiger partial charge in [0.05, 0.1) is 18.9 Å². The molecule has 150 valence electrons. The highest BCUT2D eigenvalue weighted by atomic mass is 16.5. The summed E-state index contributed by atoms with van der Waals surface area (Å²) in [6.07, 6.45) is 3.25. The normalized spacial score (nSPS) is 20.8. The smallest absolute Gasteiger partial charge is 0.310 e. The second-order valence-corrected chi connectivity index (χ2v) is 7.52. The molecule has 0 amide bonds. The van der Waals surface area contributed by atoms with Crippen molar-refractivity contribution in [3.63, 3.8) is 0 Å². The Hall–Kier alpha value is -2.92. The zero-order valence-electron chi connectivity index (χ0n) is 16.3. The Kier molecular flexibility index (Phi) is 6.06. The van der Waals surface area contributed by atoms with E-state index in [1.165, 1.54) is 0 Å². The van der Waals surface area contributed by atoms with Crippen molar-refractivity contribution in [3.8, 4) is 0 Å². The Balaban J connectivity index is 1.30. The first-order valence-corrected chi connectivity index (χ1v) is 10.0. The third-order valence-corrected chi connectivity index (χ3v) is 5.48. The van der Waals surface area contributed by atoms with Crippen LogP contribution in [0.3, 0.4) is 0 Å². The molecule has 2 aromatic rings. The molecule has 2 aliphatic heterocycles. The molecule has 29 heavy (non-hydrogen) atoms. The van der Waals surface area contributed by atoms with E-state index in [-0.39, 0.29) is 43.5 Å². The SMILES string of the molecule is O=C(Cc1ccccc1)OCC1=CCN2CCC(OC(=O)Cc3ccccc3)C12. The van der Waals surface area contributed by atoms with Crippen LogP contribution in [0.1, 0.15) is 17.5 Å². The van der Waals surface area contributed by atoms with Crippen LogP contribution in [0.15, 0.2) is 72.3 Å². The first-order chi connectivity index (χ1) is 14.2. The topological polar surface area (TPSA) is 55.8 Å². The van der Waals surface area contributed by atoms with Gasteiger partial charge in [0, 0.05) is 13.1 Å². The Morgan fingerprint density at radius 2 is 1.52 bits per heavy atom. The Morgan fingerprint density at radius 3 is 2.17 bits per heavy atom. The molecule has 2 aromatic carbocycles. The van der Waals surface area contributed by atoms with Crippen molar-refractivity contribution in [2.75, 3.05) is 19.7 Å². The number of nitrogens with zero attached hydrogens (tertiary/aromatic N) is 1. The summed E-state index contributed by atoms with van der Waals surface area (Å²) in [6.45, 7) is 1.94. The van der Waals surface area contributed by atoms with Crippen molar-refractivity contribution in [1.29, 1.82) is 0 Å². The highest BCUT2D eigenvalue weighted by Gasteiger charge is 2.41. The van der Waals surface area contributed by atoms with Crippen LogP contribution in [-0.4, -0.2) is 48.7 Å². The number of carbonyl (C=O) groups is 2. The molecule has 0 spiro atoms. The number of esters is 2. The standard InChI is InChI=1S/C24H25NO4/c26-22(15-18-7-3-1-4-8-18)28-17-20-11-13-25-14-12-21(24(20)25)29-23(27)16-19-9-5-2-6-10-19/h1-11,21,24H,12-17H2. The third kappa shape index (κ3) is 4.93. The van der Waals surface area contributed by atoms with Crippen molar-refractivity contribution in [1.82, 2.24) is 4.90 Å². The molecule has 1 fully saturated rings. The summed E-state index contributed by atoms with van der Waals surface area (Å²) in [6, 6.07) is 19.2. The van der Waals surface area contributed by atoms with Crippen molar-refractivity contribution in [2.45, 2.75) is 31.4 Å². The number of benzene rings is 2. The summed E-state index contributed by atoms with van der Waals surface area (Å²) in [5.41, 5.74) is 2.92. The van der Waals surface area contributed by atoms with Gasteiger partial charge in [0.1, 0.15) is 12.7 Å². The van der Waals surface area contributed by atoms with Gasteiger partial charge < -0.3 is 9.47 Å². The van der Waals surface area contributed by atoms with Crippen LogP contribution in [0.25, 0.3) is 0 Å². The average molecular weight is 391 g/mol. The molecule has 0 bridgehead atoms. The van der Waals surface area contributed by atoms with Crippen LogP contribution in [0, 0.1) is 0 Å². The number of hydrogen-bond acceptors (Lipinski definition) is 5. The molecule has 0 aliphatic carbocycles. The second-order valence-electron chi connectivity index (χ2n) is 7.52. The molecule has 4 rings (SSSR count). The minimum atomic E-state index is -0.244. The maximum absolute atomic E-state index is 12.4. The van der Waals surface area contributed by atoms with Gasteiger partial charge in [-0.05, 0) is 23.1 Å². The Morgan fingerprint density at radius 1 is 0.897 bits per heavy atom. The van der Waals surface area contributed by atoms with Gasteiger partial charge >= 0.3 is 11.9 Å². The fourth-order valence-corrected chi connectivity index (χ4v) is 4.08. The molecule has 2 aliphatic rings. The zero-order chi connectivity index (χ0) is 20.1. The van der Waals surface area contributed by atoms with Gasteiger partial charge in [-0.25, -0.2) is 0 Å². The van der Waals surface area contributed by atoms with E-state index >= 15 is 0 Å². The molecule has 0 aromatic heterocycles. The predicted molar refractivity (Wildman–Crippen MR) is 109 cm³/mol. The van der Waals surface area contributed by atoms with Crippen molar-refractivity contribution in [2.24, 2.45) is 0 Å².